The normalized spacial score (nSPS) is 17.1. The molecule has 3 N–H and O–H groups in total. The van der Waals surface area contributed by atoms with Crippen molar-refractivity contribution in [3.05, 3.63) is 35.1 Å². The summed E-state index contributed by atoms with van der Waals surface area (Å²) in [5, 5.41) is 5.03. The van der Waals surface area contributed by atoms with Crippen LogP contribution in [-0.2, 0) is 16.0 Å². The summed E-state index contributed by atoms with van der Waals surface area (Å²) in [6.45, 7) is 4.05. The maximum atomic E-state index is 11.6. The monoisotopic (exact) mass is 260 g/mol. The van der Waals surface area contributed by atoms with Crippen molar-refractivity contribution in [2.75, 3.05) is 6.54 Å². The largest absolute Gasteiger partial charge is 0.348 e. The van der Waals surface area contributed by atoms with Crippen molar-refractivity contribution < 1.29 is 9.59 Å². The molecule has 1 fully saturated rings. The molecule has 0 saturated carbocycles. The minimum Gasteiger partial charge on any atom is -0.348 e. The van der Waals surface area contributed by atoms with Crippen molar-refractivity contribution in [1.82, 2.24) is 20.6 Å². The van der Waals surface area contributed by atoms with Crippen molar-refractivity contribution in [3.63, 3.8) is 0 Å². The van der Waals surface area contributed by atoms with Gasteiger partial charge in [0.1, 0.15) is 5.70 Å². The Morgan fingerprint density at radius 3 is 2.95 bits per heavy atom. The van der Waals surface area contributed by atoms with E-state index in [2.05, 4.69) is 26.7 Å². The number of aromatic nitrogens is 2. The Balaban J connectivity index is 2.22. The summed E-state index contributed by atoms with van der Waals surface area (Å²) in [6, 6.07) is 0. The quantitative estimate of drug-likeness (QED) is 0.546. The molecule has 0 spiro atoms. The summed E-state index contributed by atoms with van der Waals surface area (Å²) >= 11 is 0. The highest BCUT2D eigenvalue weighted by Gasteiger charge is 2.20. The number of hydrogen-bond acceptors (Lipinski definition) is 3. The van der Waals surface area contributed by atoms with E-state index < -0.39 is 0 Å². The number of rotatable bonds is 3. The van der Waals surface area contributed by atoms with Crippen LogP contribution in [0.3, 0.4) is 0 Å². The van der Waals surface area contributed by atoms with Crippen LogP contribution in [0.15, 0.2) is 23.7 Å². The van der Waals surface area contributed by atoms with Crippen molar-refractivity contribution >= 4 is 17.9 Å². The Morgan fingerprint density at radius 1 is 1.42 bits per heavy atom. The number of carbonyl (C=O) groups is 2. The third-order valence-electron chi connectivity index (χ3n) is 2.68. The molecule has 6 nitrogen and oxygen atoms in total. The molecule has 6 heteroatoms. The fraction of sp³-hybridized carbons (Fsp3) is 0.308. The number of aromatic amines is 1. The molecule has 0 unspecified atom stereocenters. The van der Waals surface area contributed by atoms with Gasteiger partial charge in [-0.15, -0.1) is 0 Å². The molecule has 1 saturated heterocycles. The summed E-state index contributed by atoms with van der Waals surface area (Å²) in [6.07, 6.45) is 5.92. The Bertz CT molecular complexity index is 565. The minimum atomic E-state index is -0.296. The van der Waals surface area contributed by atoms with Crippen LogP contribution in [-0.4, -0.2) is 28.3 Å². The van der Waals surface area contributed by atoms with Gasteiger partial charge < -0.3 is 15.6 Å². The topological polar surface area (TPSA) is 86.9 Å². The number of amides is 2. The lowest BCUT2D eigenvalue weighted by Crippen LogP contribution is -2.46. The number of carbonyl (C=O) groups excluding carboxylic acids is 2. The lowest BCUT2D eigenvalue weighted by Gasteiger charge is -2.15. The van der Waals surface area contributed by atoms with Crippen LogP contribution in [0, 0.1) is 0 Å². The van der Waals surface area contributed by atoms with Crippen molar-refractivity contribution in [1.29, 1.82) is 0 Å². The molecule has 100 valence electrons. The Kier molecular flexibility index (Phi) is 3.79. The molecule has 2 rings (SSSR count). The van der Waals surface area contributed by atoms with Gasteiger partial charge >= 0.3 is 0 Å². The van der Waals surface area contributed by atoms with Gasteiger partial charge in [-0.1, -0.05) is 11.6 Å². The second kappa shape index (κ2) is 5.51. The molecule has 0 aliphatic carbocycles. The van der Waals surface area contributed by atoms with Crippen LogP contribution < -0.4 is 10.6 Å². The van der Waals surface area contributed by atoms with Crippen molar-refractivity contribution in [2.24, 2.45) is 0 Å². The third-order valence-corrected chi connectivity index (χ3v) is 2.68. The first-order valence-corrected chi connectivity index (χ1v) is 6.01. The van der Waals surface area contributed by atoms with Crippen LogP contribution in [0.5, 0.6) is 0 Å². The summed E-state index contributed by atoms with van der Waals surface area (Å²) < 4.78 is 0. The molecule has 1 aliphatic heterocycles. The van der Waals surface area contributed by atoms with Gasteiger partial charge in [0.05, 0.1) is 18.6 Å². The molecule has 2 amide bonds. The SMILES string of the molecule is CC(C)=CCc1[nH]cnc1/C=C1\NC(=O)CNC1=O. The van der Waals surface area contributed by atoms with E-state index in [0.717, 1.165) is 5.69 Å². The van der Waals surface area contributed by atoms with E-state index in [9.17, 15) is 9.59 Å². The van der Waals surface area contributed by atoms with Crippen LogP contribution in [0.4, 0.5) is 0 Å². The molecule has 0 atom stereocenters. The number of allylic oxidation sites excluding steroid dienone is 2. The second-order valence-corrected chi connectivity index (χ2v) is 4.54. The molecular weight excluding hydrogens is 244 g/mol. The first-order valence-electron chi connectivity index (χ1n) is 6.01. The van der Waals surface area contributed by atoms with Gasteiger partial charge in [-0.3, -0.25) is 9.59 Å². The van der Waals surface area contributed by atoms with Gasteiger partial charge in [0.15, 0.2) is 0 Å². The fourth-order valence-corrected chi connectivity index (χ4v) is 1.67. The maximum absolute atomic E-state index is 11.6. The van der Waals surface area contributed by atoms with E-state index in [1.165, 1.54) is 5.57 Å². The Morgan fingerprint density at radius 2 is 2.21 bits per heavy atom. The molecule has 19 heavy (non-hydrogen) atoms. The average Bonchev–Trinajstić information content (AvgIpc) is 2.79. The van der Waals surface area contributed by atoms with Crippen LogP contribution in [0.2, 0.25) is 0 Å². The first-order chi connectivity index (χ1) is 9.06. The minimum absolute atomic E-state index is 0.0152. The highest BCUT2D eigenvalue weighted by molar-refractivity contribution is 6.05. The summed E-state index contributed by atoms with van der Waals surface area (Å²) in [4.78, 5) is 30.0. The molecule has 1 aromatic heterocycles. The van der Waals surface area contributed by atoms with E-state index in [1.54, 1.807) is 12.4 Å². The molecule has 1 aromatic rings. The predicted octanol–water partition coefficient (Wildman–Crippen LogP) is 0.505. The van der Waals surface area contributed by atoms with Gasteiger partial charge in [0.2, 0.25) is 5.91 Å². The summed E-state index contributed by atoms with van der Waals surface area (Å²) in [7, 11) is 0. The molecule has 0 radical (unpaired) electrons. The van der Waals surface area contributed by atoms with Gasteiger partial charge in [-0.25, -0.2) is 4.98 Å². The number of nitrogens with zero attached hydrogens (tertiary/aromatic N) is 1. The molecule has 2 heterocycles. The van der Waals surface area contributed by atoms with E-state index in [-0.39, 0.29) is 24.1 Å². The predicted molar refractivity (Wildman–Crippen MR) is 70.9 cm³/mol. The highest BCUT2D eigenvalue weighted by atomic mass is 16.2. The maximum Gasteiger partial charge on any atom is 0.268 e. The molecule has 0 aromatic carbocycles. The van der Waals surface area contributed by atoms with Gasteiger partial charge in [0, 0.05) is 12.1 Å². The highest BCUT2D eigenvalue weighted by Crippen LogP contribution is 2.11. The zero-order chi connectivity index (χ0) is 13.8. The Labute approximate surface area is 111 Å². The van der Waals surface area contributed by atoms with E-state index in [4.69, 9.17) is 0 Å². The van der Waals surface area contributed by atoms with E-state index >= 15 is 0 Å². The summed E-state index contributed by atoms with van der Waals surface area (Å²) in [5.41, 5.74) is 2.99. The van der Waals surface area contributed by atoms with E-state index in [0.29, 0.717) is 12.1 Å². The lowest BCUT2D eigenvalue weighted by molar-refractivity contribution is -0.127. The molecular formula is C13H16N4O2. The van der Waals surface area contributed by atoms with Gasteiger partial charge in [0.25, 0.3) is 5.91 Å². The van der Waals surface area contributed by atoms with Gasteiger partial charge in [-0.05, 0) is 19.9 Å². The number of hydrogen-bond donors (Lipinski definition) is 3. The van der Waals surface area contributed by atoms with Crippen molar-refractivity contribution in [3.8, 4) is 0 Å². The van der Waals surface area contributed by atoms with Crippen LogP contribution >= 0.6 is 0 Å². The van der Waals surface area contributed by atoms with E-state index in [1.807, 2.05) is 13.8 Å². The molecule has 0 bridgehead atoms. The third kappa shape index (κ3) is 3.31. The van der Waals surface area contributed by atoms with Gasteiger partial charge in [-0.2, -0.15) is 0 Å². The second-order valence-electron chi connectivity index (χ2n) is 4.54. The number of nitrogens with one attached hydrogen (secondary N) is 3. The zero-order valence-electron chi connectivity index (χ0n) is 10.9. The Hall–Kier alpha value is -2.37. The standard InChI is InChI=1S/C13H16N4O2/c1-8(2)3-4-9-10(16-7-15-9)5-11-13(19)14-6-12(18)17-11/h3,5,7H,4,6H2,1-2H3,(H,14,19)(H,15,16)(H,17,18)/b11-5-. The zero-order valence-corrected chi connectivity index (χ0v) is 10.9. The first kappa shape index (κ1) is 13.1. The molecule has 1 aliphatic rings. The lowest BCUT2D eigenvalue weighted by atomic mass is 10.1. The fourth-order valence-electron chi connectivity index (χ4n) is 1.67. The van der Waals surface area contributed by atoms with Crippen LogP contribution in [0.1, 0.15) is 25.2 Å². The smallest absolute Gasteiger partial charge is 0.268 e. The number of H-pyrrole nitrogens is 1. The summed E-state index contributed by atoms with van der Waals surface area (Å²) in [5.74, 6) is -0.525. The van der Waals surface area contributed by atoms with Crippen molar-refractivity contribution in [2.45, 2.75) is 20.3 Å². The number of imidazole rings is 1. The van der Waals surface area contributed by atoms with Crippen LogP contribution in [0.25, 0.3) is 6.08 Å². The number of piperazine rings is 1. The average molecular weight is 260 g/mol.